The van der Waals surface area contributed by atoms with E-state index in [2.05, 4.69) is 4.98 Å². The van der Waals surface area contributed by atoms with Crippen LogP contribution < -0.4 is 11.3 Å². The van der Waals surface area contributed by atoms with Gasteiger partial charge in [0.05, 0.1) is 12.5 Å². The number of nitriles is 1. The summed E-state index contributed by atoms with van der Waals surface area (Å²) < 4.78 is 25.1. The van der Waals surface area contributed by atoms with Crippen LogP contribution in [0, 0.1) is 11.3 Å². The zero-order valence-corrected chi connectivity index (χ0v) is 7.76. The largest absolute Gasteiger partial charge is 0.326 e. The van der Waals surface area contributed by atoms with Crippen molar-refractivity contribution in [1.29, 1.82) is 5.26 Å². The average molecular weight is 213 g/mol. The van der Waals surface area contributed by atoms with Crippen LogP contribution in [-0.4, -0.2) is 4.98 Å². The number of pyridine rings is 1. The molecule has 0 fully saturated rings. The standard InChI is InChI=1S/C9H9F2N3O/c10-8(11)6-3-5(4-13)9(15)14-7(6)1-2-12/h3,8H,1,4,13H2,(H,14,15). The van der Waals surface area contributed by atoms with E-state index >= 15 is 0 Å². The van der Waals surface area contributed by atoms with E-state index in [0.29, 0.717) is 0 Å². The van der Waals surface area contributed by atoms with Crippen LogP contribution in [0.5, 0.6) is 0 Å². The highest BCUT2D eigenvalue weighted by Gasteiger charge is 2.15. The second kappa shape index (κ2) is 4.66. The lowest BCUT2D eigenvalue weighted by atomic mass is 10.1. The van der Waals surface area contributed by atoms with Gasteiger partial charge in [-0.3, -0.25) is 4.79 Å². The van der Waals surface area contributed by atoms with Crippen molar-refractivity contribution in [2.24, 2.45) is 5.73 Å². The van der Waals surface area contributed by atoms with Gasteiger partial charge in [0.2, 0.25) is 0 Å². The van der Waals surface area contributed by atoms with Gasteiger partial charge in [0.1, 0.15) is 0 Å². The highest BCUT2D eigenvalue weighted by Crippen LogP contribution is 2.21. The van der Waals surface area contributed by atoms with Gasteiger partial charge in [-0.2, -0.15) is 5.26 Å². The van der Waals surface area contributed by atoms with Crippen molar-refractivity contribution in [3.63, 3.8) is 0 Å². The lowest BCUT2D eigenvalue weighted by Gasteiger charge is -2.07. The first-order valence-electron chi connectivity index (χ1n) is 4.20. The van der Waals surface area contributed by atoms with E-state index in [-0.39, 0.29) is 29.8 Å². The topological polar surface area (TPSA) is 82.7 Å². The van der Waals surface area contributed by atoms with E-state index in [0.717, 1.165) is 6.07 Å². The normalized spacial score (nSPS) is 10.3. The zero-order valence-electron chi connectivity index (χ0n) is 7.76. The molecule has 4 nitrogen and oxygen atoms in total. The fourth-order valence-electron chi connectivity index (χ4n) is 1.20. The Morgan fingerprint density at radius 2 is 2.27 bits per heavy atom. The van der Waals surface area contributed by atoms with Gasteiger partial charge in [0, 0.05) is 23.4 Å². The van der Waals surface area contributed by atoms with Gasteiger partial charge in [-0.1, -0.05) is 0 Å². The number of aromatic amines is 1. The Bertz CT molecular complexity index is 448. The van der Waals surface area contributed by atoms with Gasteiger partial charge < -0.3 is 10.7 Å². The summed E-state index contributed by atoms with van der Waals surface area (Å²) in [5, 5.41) is 8.40. The van der Waals surface area contributed by atoms with Gasteiger partial charge in [0.15, 0.2) is 0 Å². The van der Waals surface area contributed by atoms with Crippen molar-refractivity contribution >= 4 is 0 Å². The molecule has 0 aliphatic rings. The van der Waals surface area contributed by atoms with E-state index in [1.54, 1.807) is 6.07 Å². The molecular weight excluding hydrogens is 204 g/mol. The van der Waals surface area contributed by atoms with Gasteiger partial charge >= 0.3 is 0 Å². The van der Waals surface area contributed by atoms with E-state index in [1.807, 2.05) is 0 Å². The second-order valence-corrected chi connectivity index (χ2v) is 2.90. The lowest BCUT2D eigenvalue weighted by molar-refractivity contribution is 0.149. The quantitative estimate of drug-likeness (QED) is 0.780. The first-order valence-corrected chi connectivity index (χ1v) is 4.20. The van der Waals surface area contributed by atoms with Crippen molar-refractivity contribution in [2.75, 3.05) is 0 Å². The molecule has 0 atom stereocenters. The van der Waals surface area contributed by atoms with Crippen molar-refractivity contribution in [2.45, 2.75) is 19.4 Å². The van der Waals surface area contributed by atoms with Crippen molar-refractivity contribution in [1.82, 2.24) is 4.98 Å². The first kappa shape index (κ1) is 11.3. The van der Waals surface area contributed by atoms with Crippen molar-refractivity contribution < 1.29 is 8.78 Å². The Hall–Kier alpha value is -1.74. The molecule has 15 heavy (non-hydrogen) atoms. The number of H-pyrrole nitrogens is 1. The molecule has 0 unspecified atom stereocenters. The predicted octanol–water partition coefficient (Wildman–Crippen LogP) is 0.837. The maximum absolute atomic E-state index is 12.5. The number of nitrogens with two attached hydrogens (primary N) is 1. The summed E-state index contributed by atoms with van der Waals surface area (Å²) in [6.45, 7) is -0.109. The fraction of sp³-hybridized carbons (Fsp3) is 0.333. The molecule has 1 rings (SSSR count). The van der Waals surface area contributed by atoms with Gasteiger partial charge in [-0.05, 0) is 6.07 Å². The summed E-state index contributed by atoms with van der Waals surface area (Å²) in [5.41, 5.74) is 4.40. The summed E-state index contributed by atoms with van der Waals surface area (Å²) in [7, 11) is 0. The fourth-order valence-corrected chi connectivity index (χ4v) is 1.20. The third kappa shape index (κ3) is 2.39. The zero-order chi connectivity index (χ0) is 11.4. The second-order valence-electron chi connectivity index (χ2n) is 2.90. The van der Waals surface area contributed by atoms with Crippen LogP contribution in [0.1, 0.15) is 23.2 Å². The first-order chi connectivity index (χ1) is 7.10. The molecule has 0 saturated carbocycles. The number of nitrogens with zero attached hydrogens (tertiary/aromatic N) is 1. The Labute approximate surface area is 84.3 Å². The van der Waals surface area contributed by atoms with Crippen LogP contribution >= 0.6 is 0 Å². The van der Waals surface area contributed by atoms with Crippen LogP contribution in [0.4, 0.5) is 8.78 Å². The summed E-state index contributed by atoms with van der Waals surface area (Å²) in [6.07, 6.45) is -2.98. The monoisotopic (exact) mass is 213 g/mol. The number of rotatable bonds is 3. The molecular formula is C9H9F2N3O. The molecule has 0 aliphatic carbocycles. The van der Waals surface area contributed by atoms with E-state index in [1.165, 1.54) is 0 Å². The minimum Gasteiger partial charge on any atom is -0.326 e. The highest BCUT2D eigenvalue weighted by atomic mass is 19.3. The third-order valence-electron chi connectivity index (χ3n) is 1.95. The van der Waals surface area contributed by atoms with Crippen LogP contribution in [0.15, 0.2) is 10.9 Å². The molecule has 0 spiro atoms. The number of hydrogen-bond acceptors (Lipinski definition) is 3. The average Bonchev–Trinajstić information content (AvgIpc) is 2.18. The van der Waals surface area contributed by atoms with Gasteiger partial charge in [-0.25, -0.2) is 8.78 Å². The predicted molar refractivity (Wildman–Crippen MR) is 49.2 cm³/mol. The molecule has 0 saturated heterocycles. The minimum absolute atomic E-state index is 0.0466. The summed E-state index contributed by atoms with van der Waals surface area (Å²) >= 11 is 0. The van der Waals surface area contributed by atoms with Crippen LogP contribution in [-0.2, 0) is 13.0 Å². The van der Waals surface area contributed by atoms with E-state index in [4.69, 9.17) is 11.0 Å². The van der Waals surface area contributed by atoms with Crippen LogP contribution in [0.3, 0.4) is 0 Å². The molecule has 0 aliphatic heterocycles. The molecule has 1 heterocycles. The molecule has 1 aromatic heterocycles. The lowest BCUT2D eigenvalue weighted by Crippen LogP contribution is -2.19. The molecule has 0 radical (unpaired) electrons. The molecule has 6 heteroatoms. The third-order valence-corrected chi connectivity index (χ3v) is 1.95. The molecule has 80 valence electrons. The number of alkyl halides is 2. The Balaban J connectivity index is 3.33. The van der Waals surface area contributed by atoms with Gasteiger partial charge in [0.25, 0.3) is 12.0 Å². The number of halogens is 2. The Morgan fingerprint density at radius 3 is 2.73 bits per heavy atom. The van der Waals surface area contributed by atoms with Crippen molar-refractivity contribution in [3.8, 4) is 6.07 Å². The van der Waals surface area contributed by atoms with E-state index in [9.17, 15) is 13.6 Å². The van der Waals surface area contributed by atoms with E-state index < -0.39 is 12.0 Å². The number of nitrogens with one attached hydrogen (secondary N) is 1. The number of aromatic nitrogens is 1. The van der Waals surface area contributed by atoms with Crippen molar-refractivity contribution in [3.05, 3.63) is 33.2 Å². The molecule has 1 aromatic rings. The Morgan fingerprint density at radius 1 is 1.60 bits per heavy atom. The summed E-state index contributed by atoms with van der Waals surface area (Å²) in [5.74, 6) is 0. The summed E-state index contributed by atoms with van der Waals surface area (Å²) in [6, 6.07) is 2.76. The maximum Gasteiger partial charge on any atom is 0.265 e. The van der Waals surface area contributed by atoms with Crippen LogP contribution in [0.25, 0.3) is 0 Å². The Kier molecular flexibility index (Phi) is 3.52. The van der Waals surface area contributed by atoms with Gasteiger partial charge in [-0.15, -0.1) is 0 Å². The molecule has 3 N–H and O–H groups in total. The maximum atomic E-state index is 12.5. The van der Waals surface area contributed by atoms with Crippen LogP contribution in [0.2, 0.25) is 0 Å². The summed E-state index contributed by atoms with van der Waals surface area (Å²) in [4.78, 5) is 13.5. The molecule has 0 bridgehead atoms. The smallest absolute Gasteiger partial charge is 0.265 e. The molecule has 0 amide bonds. The molecule has 0 aromatic carbocycles. The highest BCUT2D eigenvalue weighted by molar-refractivity contribution is 5.28. The number of hydrogen-bond donors (Lipinski definition) is 2. The minimum atomic E-state index is -2.73. The SMILES string of the molecule is N#CCc1[nH]c(=O)c(CN)cc1C(F)F.